The van der Waals surface area contributed by atoms with Crippen LogP contribution in [0.4, 0.5) is 0 Å². The molecule has 0 heterocycles. The van der Waals surface area contributed by atoms with Gasteiger partial charge in [0.1, 0.15) is 6.61 Å². The highest BCUT2D eigenvalue weighted by Gasteiger charge is 2.19. The van der Waals surface area contributed by atoms with E-state index in [9.17, 15) is 4.57 Å². The number of hydrogen-bond acceptors (Lipinski definition) is 3. The van der Waals surface area contributed by atoms with Crippen LogP contribution in [0.2, 0.25) is 0 Å². The van der Waals surface area contributed by atoms with Crippen LogP contribution in [0.25, 0.3) is 11.1 Å². The summed E-state index contributed by atoms with van der Waals surface area (Å²) in [6.07, 6.45) is 10.7. The first kappa shape index (κ1) is 23.1. The molecule has 0 aromatic heterocycles. The Kier molecular flexibility index (Phi) is 9.48. The lowest BCUT2D eigenvalue weighted by atomic mass is 9.92. The van der Waals surface area contributed by atoms with Crippen molar-refractivity contribution < 1.29 is 14.0 Å². The van der Waals surface area contributed by atoms with Crippen molar-refractivity contribution in [2.45, 2.75) is 71.3 Å². The van der Waals surface area contributed by atoms with Gasteiger partial charge in [0.2, 0.25) is 0 Å². The molecule has 1 atom stereocenters. The number of rotatable bonds is 13. The monoisotopic (exact) mass is 428 g/mol. The number of nitrogens with one attached hydrogen (secondary N) is 1. The Morgan fingerprint density at radius 2 is 1.80 bits per heavy atom. The third-order valence-corrected chi connectivity index (χ3v) is 6.38. The van der Waals surface area contributed by atoms with E-state index in [0.29, 0.717) is 6.61 Å². The summed E-state index contributed by atoms with van der Waals surface area (Å²) in [5, 5.41) is 3.44. The molecule has 4 nitrogen and oxygen atoms in total. The van der Waals surface area contributed by atoms with Crippen LogP contribution in [0, 0.1) is 0 Å². The van der Waals surface area contributed by atoms with Gasteiger partial charge in [-0.25, -0.2) is 0 Å². The molecule has 0 amide bonds. The van der Waals surface area contributed by atoms with E-state index in [1.54, 1.807) is 0 Å². The maximum atomic E-state index is 10.5. The van der Waals surface area contributed by atoms with Crippen LogP contribution >= 0.6 is 8.25 Å². The Morgan fingerprint density at radius 1 is 1.00 bits per heavy atom. The van der Waals surface area contributed by atoms with Gasteiger partial charge in [-0.1, -0.05) is 62.6 Å². The van der Waals surface area contributed by atoms with Crippen molar-refractivity contribution >= 4 is 8.25 Å². The zero-order valence-electron chi connectivity index (χ0n) is 18.2. The molecule has 1 unspecified atom stereocenters. The van der Waals surface area contributed by atoms with Crippen LogP contribution in [0.1, 0.15) is 67.7 Å². The molecule has 1 aliphatic carbocycles. The maximum Gasteiger partial charge on any atom is 0.694 e. The van der Waals surface area contributed by atoms with Crippen molar-refractivity contribution in [2.75, 3.05) is 13.2 Å². The Morgan fingerprint density at radius 3 is 2.57 bits per heavy atom. The summed E-state index contributed by atoms with van der Waals surface area (Å²) in [5.41, 5.74) is 8.59. The second kappa shape index (κ2) is 12.3. The lowest BCUT2D eigenvalue weighted by Gasteiger charge is -2.14. The fourth-order valence-electron chi connectivity index (χ4n) is 4.39. The lowest BCUT2D eigenvalue weighted by Crippen LogP contribution is -2.17. The topological polar surface area (TPSA) is 58.6 Å². The Labute approximate surface area is 182 Å². The van der Waals surface area contributed by atoms with Crippen LogP contribution in [0.5, 0.6) is 0 Å². The molecule has 1 aliphatic rings. The van der Waals surface area contributed by atoms with Crippen molar-refractivity contribution in [2.24, 2.45) is 0 Å². The van der Waals surface area contributed by atoms with Crippen LogP contribution in [-0.2, 0) is 34.9 Å². The molecule has 162 valence electrons. The summed E-state index contributed by atoms with van der Waals surface area (Å²) in [6, 6.07) is 13.8. The molecule has 30 heavy (non-hydrogen) atoms. The third-order valence-electron chi connectivity index (χ3n) is 5.98. The van der Waals surface area contributed by atoms with Gasteiger partial charge in [-0.3, -0.25) is 0 Å². The first-order valence-electron chi connectivity index (χ1n) is 11.4. The first-order valence-corrected chi connectivity index (χ1v) is 12.5. The minimum atomic E-state index is -2.48. The quantitative estimate of drug-likeness (QED) is 0.298. The van der Waals surface area contributed by atoms with E-state index >= 15 is 0 Å². The summed E-state index contributed by atoms with van der Waals surface area (Å²) in [5.74, 6) is 0. The summed E-state index contributed by atoms with van der Waals surface area (Å²) in [6.45, 7) is 4.18. The molecule has 2 aromatic carbocycles. The summed E-state index contributed by atoms with van der Waals surface area (Å²) in [4.78, 5) is 8.65. The first-order chi connectivity index (χ1) is 14.7. The van der Waals surface area contributed by atoms with Crippen molar-refractivity contribution in [1.29, 1.82) is 0 Å². The number of fused-ring (bicyclic) bond motifs is 1. The molecule has 2 N–H and O–H groups in total. The molecule has 0 aliphatic heterocycles. The van der Waals surface area contributed by atoms with Gasteiger partial charge in [0.15, 0.2) is 0 Å². The van der Waals surface area contributed by atoms with E-state index in [4.69, 9.17) is 9.42 Å². The summed E-state index contributed by atoms with van der Waals surface area (Å²) in [7, 11) is -2.48. The molecule has 3 rings (SSSR count). The normalized spacial score (nSPS) is 13.5. The number of aryl methyl sites for hydroxylation is 1. The van der Waals surface area contributed by atoms with Gasteiger partial charge in [0.25, 0.3) is 0 Å². The SMILES string of the molecule is CCCCCCc1ccc(-c2ccc(CNCCCO[P+](=O)O)c3c2CCC3)cc1. The van der Waals surface area contributed by atoms with Crippen LogP contribution in [0.3, 0.4) is 0 Å². The highest BCUT2D eigenvalue weighted by molar-refractivity contribution is 7.32. The predicted octanol–water partition coefficient (Wildman–Crippen LogP) is 6.11. The van der Waals surface area contributed by atoms with Crippen molar-refractivity contribution in [3.63, 3.8) is 0 Å². The Balaban J connectivity index is 1.59. The van der Waals surface area contributed by atoms with Crippen molar-refractivity contribution in [1.82, 2.24) is 5.32 Å². The van der Waals surface area contributed by atoms with Gasteiger partial charge in [-0.15, -0.1) is 9.42 Å². The molecular weight excluding hydrogens is 393 g/mol. The van der Waals surface area contributed by atoms with E-state index in [0.717, 1.165) is 32.4 Å². The van der Waals surface area contributed by atoms with E-state index in [1.165, 1.54) is 71.9 Å². The standard InChI is InChI=1S/C25H34NO3P/c1-2-3-4-5-8-20-11-13-21(14-12-20)24-16-15-22(23-9-6-10-25(23)24)19-26-17-7-18-29-30(27)28/h11-16,26H,2-10,17-19H2,1H3/p+1. The average molecular weight is 429 g/mol. The molecule has 0 saturated heterocycles. The molecule has 0 bridgehead atoms. The number of hydrogen-bond donors (Lipinski definition) is 2. The molecule has 5 heteroatoms. The molecular formula is C25H35NO3P+. The fraction of sp³-hybridized carbons (Fsp3) is 0.520. The highest BCUT2D eigenvalue weighted by atomic mass is 31.1. The second-order valence-electron chi connectivity index (χ2n) is 8.19. The fourth-order valence-corrected chi connectivity index (χ4v) is 4.67. The molecule has 0 saturated carbocycles. The van der Waals surface area contributed by atoms with E-state index in [1.807, 2.05) is 0 Å². The summed E-state index contributed by atoms with van der Waals surface area (Å²) >= 11 is 0. The molecule has 2 aromatic rings. The molecule has 0 fully saturated rings. The minimum Gasteiger partial charge on any atom is -0.313 e. The predicted molar refractivity (Wildman–Crippen MR) is 124 cm³/mol. The van der Waals surface area contributed by atoms with Gasteiger partial charge in [0.05, 0.1) is 0 Å². The molecule has 0 spiro atoms. The molecule has 0 radical (unpaired) electrons. The zero-order valence-corrected chi connectivity index (χ0v) is 19.1. The van der Waals surface area contributed by atoms with E-state index < -0.39 is 8.25 Å². The van der Waals surface area contributed by atoms with Crippen LogP contribution in [-0.4, -0.2) is 18.0 Å². The summed E-state index contributed by atoms with van der Waals surface area (Å²) < 4.78 is 15.2. The van der Waals surface area contributed by atoms with Gasteiger partial charge >= 0.3 is 8.25 Å². The van der Waals surface area contributed by atoms with Crippen LogP contribution in [0.15, 0.2) is 36.4 Å². The van der Waals surface area contributed by atoms with Gasteiger partial charge < -0.3 is 5.32 Å². The van der Waals surface area contributed by atoms with Crippen molar-refractivity contribution in [3.8, 4) is 11.1 Å². The average Bonchev–Trinajstić information content (AvgIpc) is 3.24. The van der Waals surface area contributed by atoms with Crippen molar-refractivity contribution in [3.05, 3.63) is 58.7 Å². The Bertz CT molecular complexity index is 820. The van der Waals surface area contributed by atoms with Gasteiger partial charge in [-0.05, 0) is 78.5 Å². The minimum absolute atomic E-state index is 0.310. The third kappa shape index (κ3) is 6.72. The second-order valence-corrected chi connectivity index (χ2v) is 8.93. The van der Waals surface area contributed by atoms with Gasteiger partial charge in [0, 0.05) is 11.1 Å². The number of benzene rings is 2. The lowest BCUT2D eigenvalue weighted by molar-refractivity contribution is 0.276. The van der Waals surface area contributed by atoms with E-state index in [-0.39, 0.29) is 0 Å². The smallest absolute Gasteiger partial charge is 0.313 e. The maximum absolute atomic E-state index is 10.5. The largest absolute Gasteiger partial charge is 0.694 e. The Hall–Kier alpha value is -1.58. The van der Waals surface area contributed by atoms with E-state index in [2.05, 4.69) is 48.6 Å². The van der Waals surface area contributed by atoms with Crippen LogP contribution < -0.4 is 5.32 Å². The zero-order chi connectivity index (χ0) is 21.2. The number of unbranched alkanes of at least 4 members (excludes halogenated alkanes) is 3. The van der Waals surface area contributed by atoms with Gasteiger partial charge in [-0.2, -0.15) is 0 Å². The highest BCUT2D eigenvalue weighted by Crippen LogP contribution is 2.35.